The average molecular weight is 388 g/mol. The molecule has 0 unspecified atom stereocenters. The average Bonchev–Trinajstić information content (AvgIpc) is 2.84. The standard InChI is InChI=1S/C21H22ClNO4/c1-20(2,3)27-19(26)23-17-7-5-4-6-16(17)21(13-24,18(23)25)12-14-8-10-15(22)11-9-14/h4-11,24H,12-13H2,1-3H3/t21-/m1/s1. The molecule has 3 rings (SSSR count). The van der Waals surface area contributed by atoms with Gasteiger partial charge in [-0.1, -0.05) is 41.9 Å². The Labute approximate surface area is 163 Å². The zero-order valence-electron chi connectivity index (χ0n) is 15.5. The number of aliphatic hydroxyl groups is 1. The first-order valence-electron chi connectivity index (χ1n) is 8.70. The van der Waals surface area contributed by atoms with Crippen molar-refractivity contribution in [2.24, 2.45) is 0 Å². The molecule has 0 bridgehead atoms. The second-order valence-corrected chi connectivity index (χ2v) is 8.12. The number of hydrogen-bond donors (Lipinski definition) is 1. The van der Waals surface area contributed by atoms with E-state index in [0.29, 0.717) is 16.3 Å². The number of aliphatic hydroxyl groups excluding tert-OH is 1. The largest absolute Gasteiger partial charge is 0.443 e. The van der Waals surface area contributed by atoms with Crippen molar-refractivity contribution in [3.8, 4) is 0 Å². The van der Waals surface area contributed by atoms with Crippen molar-refractivity contribution in [2.45, 2.75) is 38.2 Å². The van der Waals surface area contributed by atoms with E-state index in [1.807, 2.05) is 12.1 Å². The van der Waals surface area contributed by atoms with Gasteiger partial charge in [0.2, 0.25) is 5.91 Å². The summed E-state index contributed by atoms with van der Waals surface area (Å²) in [5, 5.41) is 10.8. The van der Waals surface area contributed by atoms with Gasteiger partial charge in [0, 0.05) is 5.02 Å². The summed E-state index contributed by atoms with van der Waals surface area (Å²) in [7, 11) is 0. The Hall–Kier alpha value is -2.37. The van der Waals surface area contributed by atoms with Crippen LogP contribution in [0.15, 0.2) is 48.5 Å². The minimum absolute atomic E-state index is 0.246. The van der Waals surface area contributed by atoms with E-state index in [9.17, 15) is 14.7 Å². The number of para-hydroxylation sites is 1. The highest BCUT2D eigenvalue weighted by Gasteiger charge is 2.53. The molecule has 0 spiro atoms. The van der Waals surface area contributed by atoms with Crippen LogP contribution in [-0.2, 0) is 21.4 Å². The number of benzene rings is 2. The molecule has 0 aromatic heterocycles. The highest BCUT2D eigenvalue weighted by molar-refractivity contribution is 6.30. The predicted octanol–water partition coefficient (Wildman–Crippen LogP) is 4.09. The number of ether oxygens (including phenoxy) is 1. The summed E-state index contributed by atoms with van der Waals surface area (Å²) in [6, 6.07) is 14.1. The third kappa shape index (κ3) is 3.57. The minimum Gasteiger partial charge on any atom is -0.443 e. The Balaban J connectivity index is 2.06. The second kappa shape index (κ2) is 6.98. The molecule has 2 aromatic rings. The summed E-state index contributed by atoms with van der Waals surface area (Å²) >= 11 is 5.95. The quantitative estimate of drug-likeness (QED) is 0.861. The molecule has 0 saturated heterocycles. The summed E-state index contributed by atoms with van der Waals surface area (Å²) in [6.07, 6.45) is -0.498. The monoisotopic (exact) mass is 387 g/mol. The molecule has 1 heterocycles. The van der Waals surface area contributed by atoms with Crippen LogP contribution in [0, 0.1) is 0 Å². The fraction of sp³-hybridized carbons (Fsp3) is 0.333. The van der Waals surface area contributed by atoms with E-state index in [4.69, 9.17) is 16.3 Å². The molecule has 2 aromatic carbocycles. The van der Waals surface area contributed by atoms with Crippen LogP contribution in [0.5, 0.6) is 0 Å². The van der Waals surface area contributed by atoms with Gasteiger partial charge >= 0.3 is 6.09 Å². The van der Waals surface area contributed by atoms with Gasteiger partial charge < -0.3 is 9.84 Å². The van der Waals surface area contributed by atoms with Crippen molar-refractivity contribution >= 4 is 29.3 Å². The van der Waals surface area contributed by atoms with Crippen molar-refractivity contribution < 1.29 is 19.4 Å². The molecule has 0 aliphatic carbocycles. The smallest absolute Gasteiger partial charge is 0.421 e. The van der Waals surface area contributed by atoms with E-state index < -0.39 is 29.6 Å². The fourth-order valence-electron chi connectivity index (χ4n) is 3.33. The number of halogens is 1. The number of amides is 2. The molecule has 0 fully saturated rings. The normalized spacial score (nSPS) is 19.1. The summed E-state index contributed by atoms with van der Waals surface area (Å²) in [4.78, 5) is 27.1. The Morgan fingerprint density at radius 1 is 1.15 bits per heavy atom. The Kier molecular flexibility index (Phi) is 5.02. The molecule has 1 aliphatic heterocycles. The third-order valence-corrected chi connectivity index (χ3v) is 4.79. The SMILES string of the molecule is CC(C)(C)OC(=O)N1C(=O)[C@@](CO)(Cc2ccc(Cl)cc2)c2ccccc21. The third-order valence-electron chi connectivity index (χ3n) is 4.54. The Morgan fingerprint density at radius 2 is 1.78 bits per heavy atom. The van der Waals surface area contributed by atoms with Gasteiger partial charge in [-0.25, -0.2) is 9.69 Å². The molecule has 2 amide bonds. The zero-order valence-corrected chi connectivity index (χ0v) is 16.3. The van der Waals surface area contributed by atoms with Crippen LogP contribution >= 0.6 is 11.6 Å². The lowest BCUT2D eigenvalue weighted by Gasteiger charge is -2.27. The molecule has 0 radical (unpaired) electrons. The molecule has 142 valence electrons. The summed E-state index contributed by atoms with van der Waals surface area (Å²) in [5.74, 6) is -0.490. The van der Waals surface area contributed by atoms with E-state index in [1.165, 1.54) is 0 Å². The topological polar surface area (TPSA) is 66.8 Å². The lowest BCUT2D eigenvalue weighted by atomic mass is 9.77. The molecule has 1 aliphatic rings. The van der Waals surface area contributed by atoms with Crippen molar-refractivity contribution in [1.82, 2.24) is 0 Å². The van der Waals surface area contributed by atoms with Gasteiger partial charge in [-0.05, 0) is 56.5 Å². The first-order valence-corrected chi connectivity index (χ1v) is 9.08. The van der Waals surface area contributed by atoms with Crippen LogP contribution in [0.25, 0.3) is 0 Å². The van der Waals surface area contributed by atoms with Crippen LogP contribution in [0.3, 0.4) is 0 Å². The number of carbonyl (C=O) groups is 2. The maximum Gasteiger partial charge on any atom is 0.421 e. The van der Waals surface area contributed by atoms with Crippen LogP contribution in [-0.4, -0.2) is 29.3 Å². The van der Waals surface area contributed by atoms with Crippen molar-refractivity contribution in [3.05, 3.63) is 64.7 Å². The second-order valence-electron chi connectivity index (χ2n) is 7.68. The molecule has 5 nitrogen and oxygen atoms in total. The number of fused-ring (bicyclic) bond motifs is 1. The number of nitrogens with zero attached hydrogens (tertiary/aromatic N) is 1. The van der Waals surface area contributed by atoms with Crippen LogP contribution in [0.1, 0.15) is 31.9 Å². The Bertz CT molecular complexity index is 872. The number of rotatable bonds is 3. The summed E-state index contributed by atoms with van der Waals surface area (Å²) in [6.45, 7) is 4.80. The lowest BCUT2D eigenvalue weighted by Crippen LogP contribution is -2.48. The first kappa shape index (κ1) is 19.4. The fourth-order valence-corrected chi connectivity index (χ4v) is 3.46. The van der Waals surface area contributed by atoms with E-state index in [0.717, 1.165) is 10.5 Å². The van der Waals surface area contributed by atoms with Crippen LogP contribution in [0.2, 0.25) is 5.02 Å². The predicted molar refractivity (Wildman–Crippen MR) is 104 cm³/mol. The van der Waals surface area contributed by atoms with E-state index in [1.54, 1.807) is 57.2 Å². The van der Waals surface area contributed by atoms with Crippen molar-refractivity contribution in [1.29, 1.82) is 0 Å². The number of carbonyl (C=O) groups excluding carboxylic acids is 2. The number of hydrogen-bond acceptors (Lipinski definition) is 4. The van der Waals surface area contributed by atoms with E-state index >= 15 is 0 Å². The van der Waals surface area contributed by atoms with Crippen LogP contribution < -0.4 is 4.90 Å². The van der Waals surface area contributed by atoms with Gasteiger partial charge in [0.25, 0.3) is 0 Å². The van der Waals surface area contributed by atoms with Gasteiger partial charge in [-0.3, -0.25) is 4.79 Å². The van der Waals surface area contributed by atoms with Gasteiger partial charge in [0.05, 0.1) is 12.3 Å². The van der Waals surface area contributed by atoms with E-state index in [-0.39, 0.29) is 6.42 Å². The van der Waals surface area contributed by atoms with E-state index in [2.05, 4.69) is 0 Å². The van der Waals surface area contributed by atoms with Gasteiger partial charge in [-0.15, -0.1) is 0 Å². The summed E-state index contributed by atoms with van der Waals surface area (Å²) in [5.41, 5.74) is -0.102. The maximum absolute atomic E-state index is 13.4. The molecule has 0 saturated carbocycles. The minimum atomic E-state index is -1.25. The van der Waals surface area contributed by atoms with Crippen molar-refractivity contribution in [2.75, 3.05) is 11.5 Å². The summed E-state index contributed by atoms with van der Waals surface area (Å²) < 4.78 is 5.42. The van der Waals surface area contributed by atoms with Gasteiger partial charge in [0.15, 0.2) is 0 Å². The van der Waals surface area contributed by atoms with Gasteiger partial charge in [-0.2, -0.15) is 0 Å². The highest BCUT2D eigenvalue weighted by Crippen LogP contribution is 2.44. The zero-order chi connectivity index (χ0) is 19.8. The van der Waals surface area contributed by atoms with Gasteiger partial charge in [0.1, 0.15) is 11.0 Å². The number of anilines is 1. The lowest BCUT2D eigenvalue weighted by molar-refractivity contribution is -0.124. The molecular formula is C21H22ClNO4. The Morgan fingerprint density at radius 3 is 2.37 bits per heavy atom. The molecule has 27 heavy (non-hydrogen) atoms. The van der Waals surface area contributed by atoms with Crippen LogP contribution in [0.4, 0.5) is 10.5 Å². The molecule has 6 heteroatoms. The number of imide groups is 1. The van der Waals surface area contributed by atoms with Crippen molar-refractivity contribution in [3.63, 3.8) is 0 Å². The molecule has 1 N–H and O–H groups in total. The maximum atomic E-state index is 13.4. The first-order chi connectivity index (χ1) is 12.7. The highest BCUT2D eigenvalue weighted by atomic mass is 35.5. The molecular weight excluding hydrogens is 366 g/mol. The molecule has 1 atom stereocenters.